The van der Waals surface area contributed by atoms with Crippen molar-refractivity contribution in [1.82, 2.24) is 4.98 Å². The maximum Gasteiger partial charge on any atom is 0.357 e. The highest BCUT2D eigenvalue weighted by molar-refractivity contribution is 7.09. The summed E-state index contributed by atoms with van der Waals surface area (Å²) in [5.74, 6) is -2.62. The maximum atomic E-state index is 13.2. The quantitative estimate of drug-likeness (QED) is 0.180. The normalized spacial score (nSPS) is 19.3. The zero-order chi connectivity index (χ0) is 30.2. The second-order valence-electron chi connectivity index (χ2n) is 9.32. The molecule has 0 saturated carbocycles. The minimum atomic E-state index is -1.21. The van der Waals surface area contributed by atoms with Crippen LogP contribution in [0.25, 0.3) is 0 Å². The summed E-state index contributed by atoms with van der Waals surface area (Å²) in [6, 6.07) is 24.9. The number of benzene rings is 3. The first-order valence-electron chi connectivity index (χ1n) is 13.5. The van der Waals surface area contributed by atoms with E-state index in [1.165, 1.54) is 5.38 Å². The average molecular weight is 602 g/mol. The van der Waals surface area contributed by atoms with Crippen molar-refractivity contribution in [1.29, 1.82) is 0 Å². The highest BCUT2D eigenvalue weighted by Crippen LogP contribution is 2.39. The molecule has 1 fully saturated rings. The van der Waals surface area contributed by atoms with Crippen molar-refractivity contribution in [3.05, 3.63) is 124 Å². The molecule has 4 aromatic rings. The zero-order valence-electron chi connectivity index (χ0n) is 23.0. The molecule has 1 aliphatic heterocycles. The Balaban J connectivity index is 1.47. The van der Waals surface area contributed by atoms with Gasteiger partial charge in [0.05, 0.1) is 23.3 Å². The molecular formula is C32H27NO9S. The largest absolute Gasteiger partial charge is 0.461 e. The number of esters is 4. The summed E-state index contributed by atoms with van der Waals surface area (Å²) in [6.45, 7) is 1.51. The second kappa shape index (κ2) is 13.9. The molecule has 1 unspecified atom stereocenters. The van der Waals surface area contributed by atoms with Crippen molar-refractivity contribution in [2.75, 3.05) is 13.2 Å². The lowest BCUT2D eigenvalue weighted by Crippen LogP contribution is -2.40. The minimum Gasteiger partial charge on any atom is -0.461 e. The van der Waals surface area contributed by atoms with Crippen molar-refractivity contribution in [3.8, 4) is 0 Å². The molecule has 11 heteroatoms. The summed E-state index contributed by atoms with van der Waals surface area (Å²) in [6.07, 6.45) is -4.52. The molecule has 0 spiro atoms. The van der Waals surface area contributed by atoms with Gasteiger partial charge in [0, 0.05) is 5.38 Å². The molecule has 0 amide bonds. The number of thiazole rings is 1. The summed E-state index contributed by atoms with van der Waals surface area (Å²) >= 11 is 1.09. The number of hydrogen-bond donors (Lipinski definition) is 0. The fourth-order valence-corrected chi connectivity index (χ4v) is 5.25. The molecule has 0 radical (unpaired) electrons. The summed E-state index contributed by atoms with van der Waals surface area (Å²) in [5, 5.41) is 1.78. The first-order valence-corrected chi connectivity index (χ1v) is 14.3. The van der Waals surface area contributed by atoms with Gasteiger partial charge in [0.25, 0.3) is 0 Å². The molecule has 3 aromatic carbocycles. The third-order valence-corrected chi connectivity index (χ3v) is 7.36. The number of ether oxygens (including phenoxy) is 5. The van der Waals surface area contributed by atoms with Crippen LogP contribution in [0.2, 0.25) is 0 Å². The molecule has 0 aliphatic carbocycles. The van der Waals surface area contributed by atoms with E-state index in [1.54, 1.807) is 97.9 Å². The second-order valence-corrected chi connectivity index (χ2v) is 10.2. The first-order chi connectivity index (χ1) is 20.9. The van der Waals surface area contributed by atoms with Crippen LogP contribution in [0.3, 0.4) is 0 Å². The molecule has 1 saturated heterocycles. The molecule has 5 rings (SSSR count). The standard InChI is InChI=1S/C32H27NO9S/c1-2-38-32(37)23-19-43-28(33-23)27-26(42-31(36)22-16-10-5-11-17-22)25(41-30(35)21-14-8-4-9-15-21)24(40-27)18-39-29(34)20-12-6-3-7-13-20/h3-17,19,24-27H,2,18H2,1H3/t24-,25-,26-,27?/m1/s1. The van der Waals surface area contributed by atoms with Crippen LogP contribution >= 0.6 is 11.3 Å². The van der Waals surface area contributed by atoms with Crippen molar-refractivity contribution in [3.63, 3.8) is 0 Å². The summed E-state index contributed by atoms with van der Waals surface area (Å²) in [7, 11) is 0. The van der Waals surface area contributed by atoms with Gasteiger partial charge in [-0.1, -0.05) is 54.6 Å². The van der Waals surface area contributed by atoms with Gasteiger partial charge in [-0.15, -0.1) is 11.3 Å². The van der Waals surface area contributed by atoms with Crippen molar-refractivity contribution >= 4 is 35.2 Å². The Labute approximate surface area is 251 Å². The van der Waals surface area contributed by atoms with Gasteiger partial charge in [-0.2, -0.15) is 0 Å². The van der Waals surface area contributed by atoms with Crippen molar-refractivity contribution in [2.45, 2.75) is 31.3 Å². The number of rotatable bonds is 10. The van der Waals surface area contributed by atoms with Gasteiger partial charge in [0.2, 0.25) is 0 Å². The Hall–Kier alpha value is -4.87. The van der Waals surface area contributed by atoms with Gasteiger partial charge in [-0.25, -0.2) is 24.2 Å². The number of nitrogens with zero attached hydrogens (tertiary/aromatic N) is 1. The Morgan fingerprint density at radius 3 is 1.74 bits per heavy atom. The molecular weight excluding hydrogens is 574 g/mol. The zero-order valence-corrected chi connectivity index (χ0v) is 23.8. The van der Waals surface area contributed by atoms with E-state index >= 15 is 0 Å². The lowest BCUT2D eigenvalue weighted by molar-refractivity contribution is -0.0450. The van der Waals surface area contributed by atoms with E-state index in [2.05, 4.69) is 4.98 Å². The lowest BCUT2D eigenvalue weighted by atomic mass is 10.1. The van der Waals surface area contributed by atoms with Gasteiger partial charge >= 0.3 is 23.9 Å². The Morgan fingerprint density at radius 1 is 0.698 bits per heavy atom. The van der Waals surface area contributed by atoms with Crippen LogP contribution in [0.1, 0.15) is 59.6 Å². The van der Waals surface area contributed by atoms with Crippen LogP contribution in [-0.2, 0) is 23.7 Å². The fourth-order valence-electron chi connectivity index (χ4n) is 4.40. The first kappa shape index (κ1) is 29.6. The molecule has 220 valence electrons. The lowest BCUT2D eigenvalue weighted by Gasteiger charge is -2.24. The SMILES string of the molecule is CCOC(=O)c1csc(C2O[C@H](COC(=O)c3ccccc3)[C@@H](OC(=O)c3ccccc3)[C@H]2OC(=O)c2ccccc2)n1. The monoisotopic (exact) mass is 601 g/mol. The molecule has 43 heavy (non-hydrogen) atoms. The van der Waals surface area contributed by atoms with Crippen molar-refractivity contribution in [2.24, 2.45) is 0 Å². The third-order valence-electron chi connectivity index (χ3n) is 6.45. The molecule has 0 bridgehead atoms. The summed E-state index contributed by atoms with van der Waals surface area (Å²) < 4.78 is 28.7. The predicted octanol–water partition coefficient (Wildman–Crippen LogP) is 5.07. The van der Waals surface area contributed by atoms with E-state index in [0.717, 1.165) is 11.3 Å². The Morgan fingerprint density at radius 2 is 1.21 bits per heavy atom. The molecule has 2 heterocycles. The predicted molar refractivity (Wildman–Crippen MR) is 154 cm³/mol. The van der Waals surface area contributed by atoms with Gasteiger partial charge in [0.15, 0.2) is 24.0 Å². The van der Waals surface area contributed by atoms with Gasteiger partial charge in [-0.05, 0) is 43.3 Å². The van der Waals surface area contributed by atoms with E-state index in [9.17, 15) is 19.2 Å². The highest BCUT2D eigenvalue weighted by Gasteiger charge is 2.52. The number of hydrogen-bond acceptors (Lipinski definition) is 11. The van der Waals surface area contributed by atoms with Crippen LogP contribution in [0.5, 0.6) is 0 Å². The van der Waals surface area contributed by atoms with Crippen LogP contribution < -0.4 is 0 Å². The number of carbonyl (C=O) groups is 4. The van der Waals surface area contributed by atoms with E-state index in [-0.39, 0.29) is 35.0 Å². The van der Waals surface area contributed by atoms with Crippen LogP contribution in [0, 0.1) is 0 Å². The van der Waals surface area contributed by atoms with Crippen molar-refractivity contribution < 1.29 is 42.9 Å². The molecule has 1 aliphatic rings. The van der Waals surface area contributed by atoms with Gasteiger partial charge in [-0.3, -0.25) is 0 Å². The van der Waals surface area contributed by atoms with E-state index in [4.69, 9.17) is 23.7 Å². The molecule has 4 atom stereocenters. The van der Waals surface area contributed by atoms with Crippen LogP contribution in [0.4, 0.5) is 0 Å². The van der Waals surface area contributed by atoms with Gasteiger partial charge in [0.1, 0.15) is 17.7 Å². The highest BCUT2D eigenvalue weighted by atomic mass is 32.1. The summed E-state index contributed by atoms with van der Waals surface area (Å²) in [4.78, 5) is 55.9. The van der Waals surface area contributed by atoms with Gasteiger partial charge < -0.3 is 23.7 Å². The number of carbonyl (C=O) groups excluding carboxylic acids is 4. The molecule has 10 nitrogen and oxygen atoms in total. The Bertz CT molecular complexity index is 1560. The molecule has 0 N–H and O–H groups in total. The van der Waals surface area contributed by atoms with Crippen LogP contribution in [-0.4, -0.2) is 60.4 Å². The maximum absolute atomic E-state index is 13.2. The third kappa shape index (κ3) is 7.14. The Kier molecular flexibility index (Phi) is 9.55. The number of aromatic nitrogens is 1. The van der Waals surface area contributed by atoms with E-state index < -0.39 is 48.3 Å². The summed E-state index contributed by atoms with van der Waals surface area (Å²) in [5.41, 5.74) is 0.897. The van der Waals surface area contributed by atoms with Crippen LogP contribution in [0.15, 0.2) is 96.4 Å². The fraction of sp³-hybridized carbons (Fsp3) is 0.219. The topological polar surface area (TPSA) is 127 Å². The minimum absolute atomic E-state index is 0.0513. The average Bonchev–Trinajstić information content (AvgIpc) is 3.66. The van der Waals surface area contributed by atoms with E-state index in [1.807, 2.05) is 0 Å². The smallest absolute Gasteiger partial charge is 0.357 e. The molecule has 1 aromatic heterocycles. The van der Waals surface area contributed by atoms with E-state index in [0.29, 0.717) is 5.56 Å².